The molecule has 0 radical (unpaired) electrons. The molecule has 0 aromatic carbocycles. The van der Waals surface area contributed by atoms with Gasteiger partial charge < -0.3 is 4.90 Å². The van der Waals surface area contributed by atoms with Crippen molar-refractivity contribution in [2.75, 3.05) is 13.1 Å². The lowest BCUT2D eigenvalue weighted by Crippen LogP contribution is -2.43. The molecule has 0 atom stereocenters. The molecule has 15 heavy (non-hydrogen) atoms. The van der Waals surface area contributed by atoms with Crippen LogP contribution in [0.3, 0.4) is 0 Å². The largest absolute Gasteiger partial charge is 0.471 e. The monoisotopic (exact) mass is 221 g/mol. The Labute approximate surface area is 86.4 Å². The molecule has 0 heterocycles. The first-order valence-corrected chi connectivity index (χ1v) is 5.33. The fourth-order valence-electron chi connectivity index (χ4n) is 1.64. The van der Waals surface area contributed by atoms with E-state index in [1.54, 1.807) is 0 Å². The van der Waals surface area contributed by atoms with Gasteiger partial charge >= 0.3 is 12.1 Å². The second kappa shape index (κ2) is 3.68. The van der Waals surface area contributed by atoms with E-state index in [0.717, 1.165) is 30.6 Å². The Bertz CT molecular complexity index is 242. The van der Waals surface area contributed by atoms with Gasteiger partial charge in [0.05, 0.1) is 0 Å². The van der Waals surface area contributed by atoms with Crippen LogP contribution in [0.25, 0.3) is 0 Å². The zero-order chi connectivity index (χ0) is 11.1. The number of nitrogens with zero attached hydrogens (tertiary/aromatic N) is 1. The quantitative estimate of drug-likeness (QED) is 0.712. The SMILES string of the molecule is O=C(N(CC1CC1)CC1CC1)C(F)(F)F. The number of rotatable bonds is 4. The third-order valence-electron chi connectivity index (χ3n) is 2.88. The zero-order valence-electron chi connectivity index (χ0n) is 8.39. The average molecular weight is 221 g/mol. The van der Waals surface area contributed by atoms with Crippen LogP contribution in [0.15, 0.2) is 0 Å². The maximum atomic E-state index is 12.2. The van der Waals surface area contributed by atoms with E-state index in [2.05, 4.69) is 0 Å². The number of carbonyl (C=O) groups excluding carboxylic acids is 1. The number of alkyl halides is 3. The van der Waals surface area contributed by atoms with Crippen molar-refractivity contribution in [3.63, 3.8) is 0 Å². The third kappa shape index (κ3) is 3.11. The number of hydrogen-bond acceptors (Lipinski definition) is 1. The van der Waals surface area contributed by atoms with Crippen LogP contribution in [-0.2, 0) is 4.79 Å². The molecule has 2 aliphatic rings. The highest BCUT2D eigenvalue weighted by Crippen LogP contribution is 2.35. The summed E-state index contributed by atoms with van der Waals surface area (Å²) in [5.74, 6) is -1.02. The van der Waals surface area contributed by atoms with Gasteiger partial charge in [-0.25, -0.2) is 0 Å². The normalized spacial score (nSPS) is 21.5. The van der Waals surface area contributed by atoms with Crippen molar-refractivity contribution >= 4 is 5.91 Å². The second-order valence-electron chi connectivity index (χ2n) is 4.59. The molecule has 0 aliphatic heterocycles. The zero-order valence-corrected chi connectivity index (χ0v) is 8.39. The van der Waals surface area contributed by atoms with Crippen LogP contribution < -0.4 is 0 Å². The standard InChI is InChI=1S/C10H14F3NO/c11-10(12,13)9(15)14(5-7-1-2-7)6-8-3-4-8/h7-8H,1-6H2. The van der Waals surface area contributed by atoms with Gasteiger partial charge in [0.1, 0.15) is 0 Å². The van der Waals surface area contributed by atoms with Crippen LogP contribution in [0.1, 0.15) is 25.7 Å². The molecule has 2 nitrogen and oxygen atoms in total. The fourth-order valence-corrected chi connectivity index (χ4v) is 1.64. The molecule has 86 valence electrons. The maximum Gasteiger partial charge on any atom is 0.471 e. The number of carbonyl (C=O) groups is 1. The van der Waals surface area contributed by atoms with E-state index in [1.807, 2.05) is 0 Å². The Morgan fingerprint density at radius 3 is 1.73 bits per heavy atom. The van der Waals surface area contributed by atoms with Gasteiger partial charge in [0.15, 0.2) is 0 Å². The molecule has 2 fully saturated rings. The summed E-state index contributed by atoms with van der Waals surface area (Å²) in [6, 6.07) is 0. The minimum atomic E-state index is -4.70. The molecule has 0 spiro atoms. The summed E-state index contributed by atoms with van der Waals surface area (Å²) in [7, 11) is 0. The minimum absolute atomic E-state index is 0.300. The van der Waals surface area contributed by atoms with Gasteiger partial charge in [0.2, 0.25) is 0 Å². The summed E-state index contributed by atoms with van der Waals surface area (Å²) < 4.78 is 36.7. The van der Waals surface area contributed by atoms with Crippen LogP contribution >= 0.6 is 0 Å². The first-order valence-electron chi connectivity index (χ1n) is 5.33. The number of hydrogen-bond donors (Lipinski definition) is 0. The van der Waals surface area contributed by atoms with Crippen LogP contribution in [0, 0.1) is 11.8 Å². The van der Waals surface area contributed by atoms with Gasteiger partial charge in [-0.2, -0.15) is 13.2 Å². The lowest BCUT2D eigenvalue weighted by atomic mass is 10.3. The fraction of sp³-hybridized carbons (Fsp3) is 0.900. The van der Waals surface area contributed by atoms with Crippen molar-refractivity contribution in [2.45, 2.75) is 31.9 Å². The highest BCUT2D eigenvalue weighted by Gasteiger charge is 2.44. The molecular weight excluding hydrogens is 207 g/mol. The lowest BCUT2D eigenvalue weighted by Gasteiger charge is -2.23. The molecular formula is C10H14F3NO. The Balaban J connectivity index is 1.92. The Morgan fingerprint density at radius 2 is 1.47 bits per heavy atom. The molecule has 5 heteroatoms. The van der Waals surface area contributed by atoms with E-state index in [1.165, 1.54) is 0 Å². The van der Waals surface area contributed by atoms with Crippen molar-refractivity contribution in [3.8, 4) is 0 Å². The van der Waals surface area contributed by atoms with Gasteiger partial charge in [-0.15, -0.1) is 0 Å². The van der Waals surface area contributed by atoms with Gasteiger partial charge in [-0.05, 0) is 37.5 Å². The molecule has 2 aliphatic carbocycles. The molecule has 0 unspecified atom stereocenters. The van der Waals surface area contributed by atoms with Crippen molar-refractivity contribution in [1.29, 1.82) is 0 Å². The molecule has 2 saturated carbocycles. The summed E-state index contributed by atoms with van der Waals surface area (Å²) in [6.07, 6.45) is -0.846. The van der Waals surface area contributed by atoms with E-state index >= 15 is 0 Å². The highest BCUT2D eigenvalue weighted by atomic mass is 19.4. The topological polar surface area (TPSA) is 20.3 Å². The highest BCUT2D eigenvalue weighted by molar-refractivity contribution is 5.81. The van der Waals surface area contributed by atoms with Crippen LogP contribution in [-0.4, -0.2) is 30.1 Å². The molecule has 1 amide bonds. The van der Waals surface area contributed by atoms with Gasteiger partial charge in [-0.3, -0.25) is 4.79 Å². The third-order valence-corrected chi connectivity index (χ3v) is 2.88. The van der Waals surface area contributed by atoms with E-state index in [9.17, 15) is 18.0 Å². The van der Waals surface area contributed by atoms with Crippen molar-refractivity contribution in [2.24, 2.45) is 11.8 Å². The van der Waals surface area contributed by atoms with Crippen LogP contribution in [0.4, 0.5) is 13.2 Å². The Morgan fingerprint density at radius 1 is 1.07 bits per heavy atom. The lowest BCUT2D eigenvalue weighted by molar-refractivity contribution is -0.186. The van der Waals surface area contributed by atoms with E-state index in [0.29, 0.717) is 24.9 Å². The molecule has 0 saturated heterocycles. The molecule has 0 aromatic heterocycles. The van der Waals surface area contributed by atoms with Crippen LogP contribution in [0.2, 0.25) is 0 Å². The van der Waals surface area contributed by atoms with E-state index in [4.69, 9.17) is 0 Å². The number of amides is 1. The maximum absolute atomic E-state index is 12.2. The minimum Gasteiger partial charge on any atom is -0.334 e. The number of halogens is 3. The predicted molar refractivity (Wildman–Crippen MR) is 48.1 cm³/mol. The molecule has 0 aromatic rings. The second-order valence-corrected chi connectivity index (χ2v) is 4.59. The molecule has 0 N–H and O–H groups in total. The predicted octanol–water partition coefficient (Wildman–Crippen LogP) is 2.20. The summed E-state index contributed by atoms with van der Waals surface area (Å²) in [6.45, 7) is 0.601. The van der Waals surface area contributed by atoms with Crippen molar-refractivity contribution in [3.05, 3.63) is 0 Å². The van der Waals surface area contributed by atoms with Gasteiger partial charge in [0.25, 0.3) is 0 Å². The first-order chi connectivity index (χ1) is 6.97. The average Bonchev–Trinajstić information content (AvgIpc) is 2.92. The summed E-state index contributed by atoms with van der Waals surface area (Å²) in [4.78, 5) is 12.1. The first kappa shape index (κ1) is 10.8. The summed E-state index contributed by atoms with van der Waals surface area (Å²) >= 11 is 0. The Hall–Kier alpha value is -0.740. The smallest absolute Gasteiger partial charge is 0.334 e. The summed E-state index contributed by atoms with van der Waals surface area (Å²) in [5, 5.41) is 0. The van der Waals surface area contributed by atoms with E-state index in [-0.39, 0.29) is 0 Å². The van der Waals surface area contributed by atoms with Crippen molar-refractivity contribution in [1.82, 2.24) is 4.90 Å². The van der Waals surface area contributed by atoms with Gasteiger partial charge in [0, 0.05) is 13.1 Å². The molecule has 0 bridgehead atoms. The molecule has 2 rings (SSSR count). The summed E-state index contributed by atoms with van der Waals surface area (Å²) in [5.41, 5.74) is 0. The van der Waals surface area contributed by atoms with E-state index < -0.39 is 12.1 Å². The van der Waals surface area contributed by atoms with Gasteiger partial charge in [-0.1, -0.05) is 0 Å². The van der Waals surface area contributed by atoms with Crippen LogP contribution in [0.5, 0.6) is 0 Å². The van der Waals surface area contributed by atoms with Crippen molar-refractivity contribution < 1.29 is 18.0 Å². The Kier molecular flexibility index (Phi) is 2.64.